The first kappa shape index (κ1) is 17.9. The van der Waals surface area contributed by atoms with E-state index in [1.54, 1.807) is 16.7 Å². The summed E-state index contributed by atoms with van der Waals surface area (Å²) in [7, 11) is 1.33. The van der Waals surface area contributed by atoms with Gasteiger partial charge < -0.3 is 14.0 Å². The first-order valence-corrected chi connectivity index (χ1v) is 8.80. The van der Waals surface area contributed by atoms with Gasteiger partial charge in [-0.25, -0.2) is 0 Å². The van der Waals surface area contributed by atoms with Gasteiger partial charge >= 0.3 is 5.97 Å². The van der Waals surface area contributed by atoms with Crippen molar-refractivity contribution in [3.63, 3.8) is 0 Å². The molecule has 0 N–H and O–H groups in total. The number of para-hydroxylation sites is 1. The summed E-state index contributed by atoms with van der Waals surface area (Å²) < 4.78 is 12.8. The molecule has 0 fully saturated rings. The van der Waals surface area contributed by atoms with E-state index in [-0.39, 0.29) is 13.2 Å². The lowest BCUT2D eigenvalue weighted by Crippen LogP contribution is -2.23. The minimum atomic E-state index is -0.421. The van der Waals surface area contributed by atoms with Gasteiger partial charge in [0.2, 0.25) is 0 Å². The third-order valence-electron chi connectivity index (χ3n) is 3.68. The predicted molar refractivity (Wildman–Crippen MR) is 99.1 cm³/mol. The number of carbonyl (C=O) groups is 2. The van der Waals surface area contributed by atoms with Crippen LogP contribution in [0.5, 0.6) is 5.75 Å². The Balaban J connectivity index is 1.91. The SMILES string of the molecule is COC(=O)Cn1c(=NC(=O)COc2ccccc2)sc2cc(C)ccc21. The number of aromatic nitrogens is 1. The summed E-state index contributed by atoms with van der Waals surface area (Å²) in [5.41, 5.74) is 1.93. The smallest absolute Gasteiger partial charge is 0.325 e. The van der Waals surface area contributed by atoms with E-state index >= 15 is 0 Å². The average Bonchev–Trinajstić information content (AvgIpc) is 2.96. The molecule has 0 unspecified atom stereocenters. The Hall–Kier alpha value is -2.93. The van der Waals surface area contributed by atoms with Gasteiger partial charge in [-0.1, -0.05) is 35.6 Å². The van der Waals surface area contributed by atoms with Crippen LogP contribution in [-0.2, 0) is 20.9 Å². The number of esters is 1. The molecule has 1 amide bonds. The number of thiazole rings is 1. The summed E-state index contributed by atoms with van der Waals surface area (Å²) in [6.07, 6.45) is 0. The van der Waals surface area contributed by atoms with Gasteiger partial charge in [-0.2, -0.15) is 4.99 Å². The van der Waals surface area contributed by atoms with Gasteiger partial charge in [0.25, 0.3) is 5.91 Å². The predicted octanol–water partition coefficient (Wildman–Crippen LogP) is 2.69. The molecule has 2 aromatic carbocycles. The zero-order valence-electron chi connectivity index (χ0n) is 14.5. The summed E-state index contributed by atoms with van der Waals surface area (Å²) in [6, 6.07) is 14.9. The van der Waals surface area contributed by atoms with Gasteiger partial charge in [0.05, 0.1) is 17.3 Å². The number of rotatable bonds is 5. The molecule has 3 rings (SSSR count). The van der Waals surface area contributed by atoms with Crippen molar-refractivity contribution >= 4 is 33.4 Å². The van der Waals surface area contributed by atoms with Crippen LogP contribution in [0.4, 0.5) is 0 Å². The number of hydrogen-bond donors (Lipinski definition) is 0. The quantitative estimate of drug-likeness (QED) is 0.648. The fourth-order valence-electron chi connectivity index (χ4n) is 2.41. The van der Waals surface area contributed by atoms with Crippen LogP contribution >= 0.6 is 11.3 Å². The van der Waals surface area contributed by atoms with Crippen LogP contribution in [0.1, 0.15) is 5.56 Å². The zero-order chi connectivity index (χ0) is 18.5. The topological polar surface area (TPSA) is 69.9 Å². The van der Waals surface area contributed by atoms with Crippen molar-refractivity contribution < 1.29 is 19.1 Å². The van der Waals surface area contributed by atoms with Crippen molar-refractivity contribution in [3.05, 3.63) is 58.9 Å². The Morgan fingerprint density at radius 3 is 2.65 bits per heavy atom. The summed E-state index contributed by atoms with van der Waals surface area (Å²) in [5.74, 6) is -0.221. The molecule has 1 aromatic heterocycles. The van der Waals surface area contributed by atoms with Gasteiger partial charge in [-0.05, 0) is 36.8 Å². The molecule has 0 bridgehead atoms. The Labute approximate surface area is 154 Å². The largest absolute Gasteiger partial charge is 0.484 e. The van der Waals surface area contributed by atoms with Crippen LogP contribution in [0.2, 0.25) is 0 Å². The monoisotopic (exact) mass is 370 g/mol. The molecule has 0 aliphatic heterocycles. The minimum Gasteiger partial charge on any atom is -0.484 e. The van der Waals surface area contributed by atoms with E-state index in [9.17, 15) is 9.59 Å². The highest BCUT2D eigenvalue weighted by atomic mass is 32.1. The van der Waals surface area contributed by atoms with Gasteiger partial charge in [0.15, 0.2) is 11.4 Å². The van der Waals surface area contributed by atoms with E-state index in [4.69, 9.17) is 9.47 Å². The number of aryl methyl sites for hydroxylation is 1. The molecule has 134 valence electrons. The van der Waals surface area contributed by atoms with Gasteiger partial charge in [-0.15, -0.1) is 0 Å². The molecular weight excluding hydrogens is 352 g/mol. The number of amides is 1. The summed E-state index contributed by atoms with van der Waals surface area (Å²) in [4.78, 5) is 28.6. The summed E-state index contributed by atoms with van der Waals surface area (Å²) in [6.45, 7) is 1.81. The maximum atomic E-state index is 12.2. The minimum absolute atomic E-state index is 0.00871. The second kappa shape index (κ2) is 7.97. The summed E-state index contributed by atoms with van der Waals surface area (Å²) in [5, 5.41) is 0. The molecule has 1 heterocycles. The normalized spacial score (nSPS) is 11.5. The van der Waals surface area contributed by atoms with Crippen LogP contribution < -0.4 is 9.54 Å². The number of carbonyl (C=O) groups excluding carboxylic acids is 2. The van der Waals surface area contributed by atoms with E-state index in [0.29, 0.717) is 10.6 Å². The lowest BCUT2D eigenvalue weighted by molar-refractivity contribution is -0.141. The number of hydrogen-bond acceptors (Lipinski definition) is 5. The first-order chi connectivity index (χ1) is 12.6. The molecule has 0 atom stereocenters. The average molecular weight is 370 g/mol. The Kier molecular flexibility index (Phi) is 5.48. The van der Waals surface area contributed by atoms with Crippen LogP contribution in [0, 0.1) is 6.92 Å². The Morgan fingerprint density at radius 2 is 1.92 bits per heavy atom. The Morgan fingerprint density at radius 1 is 1.15 bits per heavy atom. The molecular formula is C19H18N2O4S. The van der Waals surface area contributed by atoms with E-state index in [1.807, 2.05) is 43.3 Å². The standard InChI is InChI=1S/C19H18N2O4S/c1-13-8-9-15-16(10-13)26-19(21(15)11-18(23)24-2)20-17(22)12-25-14-6-4-3-5-7-14/h3-10H,11-12H2,1-2H3. The third-order valence-corrected chi connectivity index (χ3v) is 4.72. The van der Waals surface area contributed by atoms with Crippen molar-refractivity contribution in [2.45, 2.75) is 13.5 Å². The number of nitrogens with zero attached hydrogens (tertiary/aromatic N) is 2. The first-order valence-electron chi connectivity index (χ1n) is 7.99. The second-order valence-corrected chi connectivity index (χ2v) is 6.63. The highest BCUT2D eigenvalue weighted by Crippen LogP contribution is 2.19. The van der Waals surface area contributed by atoms with E-state index in [0.717, 1.165) is 15.8 Å². The van der Waals surface area contributed by atoms with Crippen LogP contribution in [0.25, 0.3) is 10.2 Å². The van der Waals surface area contributed by atoms with Crippen LogP contribution in [-0.4, -0.2) is 30.2 Å². The van der Waals surface area contributed by atoms with E-state index in [1.165, 1.54) is 18.4 Å². The maximum Gasteiger partial charge on any atom is 0.325 e. The van der Waals surface area contributed by atoms with E-state index in [2.05, 4.69) is 4.99 Å². The molecule has 0 radical (unpaired) electrons. The molecule has 0 aliphatic carbocycles. The highest BCUT2D eigenvalue weighted by Gasteiger charge is 2.12. The fourth-order valence-corrected chi connectivity index (χ4v) is 3.56. The summed E-state index contributed by atoms with van der Waals surface area (Å²) >= 11 is 1.35. The van der Waals surface area contributed by atoms with Gasteiger partial charge in [0.1, 0.15) is 12.3 Å². The number of ether oxygens (including phenoxy) is 2. The zero-order valence-corrected chi connectivity index (χ0v) is 15.3. The maximum absolute atomic E-state index is 12.2. The van der Waals surface area contributed by atoms with Gasteiger partial charge in [0, 0.05) is 0 Å². The molecule has 26 heavy (non-hydrogen) atoms. The molecule has 6 nitrogen and oxygen atoms in total. The number of methoxy groups -OCH3 is 1. The molecule has 0 aliphatic rings. The molecule has 0 saturated carbocycles. The van der Waals surface area contributed by atoms with Crippen LogP contribution in [0.15, 0.2) is 53.5 Å². The van der Waals surface area contributed by atoms with Gasteiger partial charge in [-0.3, -0.25) is 9.59 Å². The third kappa shape index (κ3) is 4.18. The molecule has 0 saturated heterocycles. The fraction of sp³-hybridized carbons (Fsp3) is 0.211. The van der Waals surface area contributed by atoms with Crippen LogP contribution in [0.3, 0.4) is 0 Å². The van der Waals surface area contributed by atoms with Crippen molar-refractivity contribution in [3.8, 4) is 5.75 Å². The Bertz CT molecular complexity index is 1010. The molecule has 7 heteroatoms. The highest BCUT2D eigenvalue weighted by molar-refractivity contribution is 7.16. The second-order valence-electron chi connectivity index (χ2n) is 5.63. The molecule has 3 aromatic rings. The van der Waals surface area contributed by atoms with Crippen molar-refractivity contribution in [1.29, 1.82) is 0 Å². The van der Waals surface area contributed by atoms with Crippen molar-refractivity contribution in [2.24, 2.45) is 4.99 Å². The number of fused-ring (bicyclic) bond motifs is 1. The lowest BCUT2D eigenvalue weighted by atomic mass is 10.2. The van der Waals surface area contributed by atoms with Crippen molar-refractivity contribution in [2.75, 3.05) is 13.7 Å². The number of benzene rings is 2. The lowest BCUT2D eigenvalue weighted by Gasteiger charge is -2.04. The van der Waals surface area contributed by atoms with Crippen molar-refractivity contribution in [1.82, 2.24) is 4.57 Å². The molecule has 0 spiro atoms. The van der Waals surface area contributed by atoms with E-state index < -0.39 is 11.9 Å².